The van der Waals surface area contributed by atoms with Crippen LogP contribution in [0.3, 0.4) is 0 Å². The summed E-state index contributed by atoms with van der Waals surface area (Å²) in [6.45, 7) is 0.326. The van der Waals surface area contributed by atoms with Crippen LogP contribution in [-0.4, -0.2) is 24.4 Å². The molecular formula is C16H15BrF2N2O. The Morgan fingerprint density at radius 3 is 2.50 bits per heavy atom. The molecule has 0 atom stereocenters. The molecule has 0 aliphatic rings. The van der Waals surface area contributed by atoms with Gasteiger partial charge in [-0.2, -0.15) is 0 Å². The van der Waals surface area contributed by atoms with Crippen molar-refractivity contribution in [2.45, 2.75) is 6.54 Å². The van der Waals surface area contributed by atoms with Gasteiger partial charge in [-0.25, -0.2) is 8.78 Å². The van der Waals surface area contributed by atoms with Gasteiger partial charge in [-0.15, -0.1) is 0 Å². The second kappa shape index (κ2) is 7.47. The average molecular weight is 369 g/mol. The highest BCUT2D eigenvalue weighted by Gasteiger charge is 2.10. The summed E-state index contributed by atoms with van der Waals surface area (Å²) in [6, 6.07) is 10.6. The highest BCUT2D eigenvalue weighted by atomic mass is 79.9. The second-order valence-corrected chi connectivity index (χ2v) is 5.88. The molecule has 0 spiro atoms. The molecule has 0 fully saturated rings. The number of rotatable bonds is 5. The van der Waals surface area contributed by atoms with Gasteiger partial charge in [0.1, 0.15) is 11.6 Å². The summed E-state index contributed by atoms with van der Waals surface area (Å²) in [4.78, 5) is 13.6. The Morgan fingerprint density at radius 1 is 1.18 bits per heavy atom. The van der Waals surface area contributed by atoms with E-state index in [1.807, 2.05) is 12.1 Å². The maximum atomic E-state index is 13.6. The number of nitrogens with zero attached hydrogens (tertiary/aromatic N) is 1. The van der Waals surface area contributed by atoms with E-state index in [2.05, 4.69) is 21.2 Å². The fraction of sp³-hybridized carbons (Fsp3) is 0.188. The normalized spacial score (nSPS) is 10.8. The lowest BCUT2D eigenvalue weighted by molar-refractivity contribution is -0.117. The summed E-state index contributed by atoms with van der Waals surface area (Å²) in [5.41, 5.74) is 1.04. The van der Waals surface area contributed by atoms with E-state index in [0.29, 0.717) is 11.3 Å². The Kier molecular flexibility index (Phi) is 5.63. The van der Waals surface area contributed by atoms with Crippen LogP contribution in [0.1, 0.15) is 5.56 Å². The molecule has 6 heteroatoms. The molecule has 22 heavy (non-hydrogen) atoms. The topological polar surface area (TPSA) is 32.3 Å². The monoisotopic (exact) mass is 368 g/mol. The van der Waals surface area contributed by atoms with E-state index in [0.717, 1.165) is 10.5 Å². The van der Waals surface area contributed by atoms with Crippen molar-refractivity contribution in [2.24, 2.45) is 0 Å². The van der Waals surface area contributed by atoms with E-state index in [4.69, 9.17) is 0 Å². The smallest absolute Gasteiger partial charge is 0.238 e. The van der Waals surface area contributed by atoms with Gasteiger partial charge in [0, 0.05) is 28.3 Å². The Morgan fingerprint density at radius 2 is 1.86 bits per heavy atom. The van der Waals surface area contributed by atoms with Crippen LogP contribution in [0.2, 0.25) is 0 Å². The van der Waals surface area contributed by atoms with Gasteiger partial charge < -0.3 is 5.32 Å². The molecule has 3 nitrogen and oxygen atoms in total. The zero-order chi connectivity index (χ0) is 16.1. The van der Waals surface area contributed by atoms with Crippen molar-refractivity contribution >= 4 is 27.5 Å². The van der Waals surface area contributed by atoms with Crippen LogP contribution in [0.5, 0.6) is 0 Å². The van der Waals surface area contributed by atoms with Crippen molar-refractivity contribution in [1.82, 2.24) is 4.90 Å². The first-order valence-electron chi connectivity index (χ1n) is 6.62. The average Bonchev–Trinajstić information content (AvgIpc) is 2.44. The third-order valence-corrected chi connectivity index (χ3v) is 3.53. The van der Waals surface area contributed by atoms with Gasteiger partial charge in [0.25, 0.3) is 0 Å². The summed E-state index contributed by atoms with van der Waals surface area (Å²) in [7, 11) is 1.70. The van der Waals surface area contributed by atoms with Crippen molar-refractivity contribution in [1.29, 1.82) is 0 Å². The minimum absolute atomic E-state index is 0.104. The summed E-state index contributed by atoms with van der Waals surface area (Å²) < 4.78 is 27.3. The number of benzene rings is 2. The van der Waals surface area contributed by atoms with Crippen LogP contribution in [0.4, 0.5) is 14.5 Å². The van der Waals surface area contributed by atoms with Gasteiger partial charge in [-0.1, -0.05) is 22.0 Å². The molecule has 0 aliphatic heterocycles. The molecule has 2 aromatic carbocycles. The van der Waals surface area contributed by atoms with Crippen LogP contribution < -0.4 is 5.32 Å². The number of likely N-dealkylation sites (N-methyl/N-ethyl adjacent to an activating group) is 1. The predicted molar refractivity (Wildman–Crippen MR) is 85.5 cm³/mol. The van der Waals surface area contributed by atoms with Crippen molar-refractivity contribution in [3.8, 4) is 0 Å². The minimum Gasteiger partial charge on any atom is -0.325 e. The van der Waals surface area contributed by atoms with Crippen LogP contribution in [-0.2, 0) is 11.3 Å². The zero-order valence-electron chi connectivity index (χ0n) is 11.9. The van der Waals surface area contributed by atoms with E-state index < -0.39 is 11.6 Å². The van der Waals surface area contributed by atoms with Gasteiger partial charge in [0.05, 0.1) is 6.54 Å². The number of hydrogen-bond donors (Lipinski definition) is 1. The summed E-state index contributed by atoms with van der Waals surface area (Å²) in [5.74, 6) is -1.43. The molecule has 0 saturated heterocycles. The minimum atomic E-state index is -0.614. The molecule has 2 aromatic rings. The highest BCUT2D eigenvalue weighted by Crippen LogP contribution is 2.14. The third-order valence-electron chi connectivity index (χ3n) is 3.00. The number of nitrogens with one attached hydrogen (secondary N) is 1. The van der Waals surface area contributed by atoms with E-state index in [1.165, 1.54) is 12.1 Å². The molecule has 116 valence electrons. The SMILES string of the molecule is CN(CC(=O)Nc1ccc(Br)cc1)Cc1ccc(F)cc1F. The second-order valence-electron chi connectivity index (χ2n) is 4.96. The molecule has 0 aromatic heterocycles. The molecule has 2 rings (SSSR count). The lowest BCUT2D eigenvalue weighted by Crippen LogP contribution is -2.30. The third kappa shape index (κ3) is 4.89. The van der Waals surface area contributed by atoms with E-state index in [9.17, 15) is 13.6 Å². The van der Waals surface area contributed by atoms with Crippen LogP contribution in [0.15, 0.2) is 46.9 Å². The van der Waals surface area contributed by atoms with Gasteiger partial charge in [0.15, 0.2) is 0 Å². The molecule has 0 saturated carbocycles. The van der Waals surface area contributed by atoms with Crippen molar-refractivity contribution < 1.29 is 13.6 Å². The van der Waals surface area contributed by atoms with Crippen molar-refractivity contribution in [3.05, 3.63) is 64.1 Å². The predicted octanol–water partition coefficient (Wildman–Crippen LogP) is 3.80. The first-order chi connectivity index (χ1) is 10.4. The van der Waals surface area contributed by atoms with Crippen LogP contribution in [0.25, 0.3) is 0 Å². The molecule has 0 bridgehead atoms. The largest absolute Gasteiger partial charge is 0.325 e. The lowest BCUT2D eigenvalue weighted by Gasteiger charge is -2.16. The quantitative estimate of drug-likeness (QED) is 0.870. The van der Waals surface area contributed by atoms with E-state index in [-0.39, 0.29) is 19.0 Å². The van der Waals surface area contributed by atoms with E-state index in [1.54, 1.807) is 24.1 Å². The van der Waals surface area contributed by atoms with Crippen molar-refractivity contribution in [3.63, 3.8) is 0 Å². The summed E-state index contributed by atoms with van der Waals surface area (Å²) in [6.07, 6.45) is 0. The van der Waals surface area contributed by atoms with E-state index >= 15 is 0 Å². The molecule has 0 heterocycles. The Balaban J connectivity index is 1.89. The van der Waals surface area contributed by atoms with Gasteiger partial charge in [-0.3, -0.25) is 9.69 Å². The fourth-order valence-corrected chi connectivity index (χ4v) is 2.24. The first kappa shape index (κ1) is 16.6. The molecule has 0 unspecified atom stereocenters. The maximum absolute atomic E-state index is 13.6. The molecule has 1 N–H and O–H groups in total. The van der Waals surface area contributed by atoms with Crippen LogP contribution >= 0.6 is 15.9 Å². The molecule has 0 radical (unpaired) electrons. The first-order valence-corrected chi connectivity index (χ1v) is 7.41. The Bertz CT molecular complexity index is 662. The Labute approximate surface area is 136 Å². The molecule has 1 amide bonds. The van der Waals surface area contributed by atoms with Crippen LogP contribution in [0, 0.1) is 11.6 Å². The maximum Gasteiger partial charge on any atom is 0.238 e. The van der Waals surface area contributed by atoms with Crippen molar-refractivity contribution in [2.75, 3.05) is 18.9 Å². The number of carbonyl (C=O) groups excluding carboxylic acids is 1. The fourth-order valence-electron chi connectivity index (χ4n) is 1.98. The standard InChI is InChI=1S/C16H15BrF2N2O/c1-21(9-11-2-5-13(18)8-15(11)19)10-16(22)20-14-6-3-12(17)4-7-14/h2-8H,9-10H2,1H3,(H,20,22). The Hall–Kier alpha value is -1.79. The summed E-state index contributed by atoms with van der Waals surface area (Å²) >= 11 is 3.32. The van der Waals surface area contributed by atoms with Gasteiger partial charge in [0.2, 0.25) is 5.91 Å². The molecule has 0 aliphatic carbocycles. The number of halogens is 3. The highest BCUT2D eigenvalue weighted by molar-refractivity contribution is 9.10. The number of carbonyl (C=O) groups is 1. The van der Waals surface area contributed by atoms with Gasteiger partial charge in [-0.05, 0) is 37.4 Å². The molecular weight excluding hydrogens is 354 g/mol. The number of amides is 1. The lowest BCUT2D eigenvalue weighted by atomic mass is 10.2. The number of hydrogen-bond acceptors (Lipinski definition) is 2. The van der Waals surface area contributed by atoms with Gasteiger partial charge >= 0.3 is 0 Å². The number of anilines is 1. The summed E-state index contributed by atoms with van der Waals surface area (Å²) in [5, 5.41) is 2.75. The zero-order valence-corrected chi connectivity index (χ0v) is 13.5.